The van der Waals surface area contributed by atoms with Crippen LogP contribution in [0.2, 0.25) is 0 Å². The molecular formula is C27H30N4O2. The molecule has 6 heteroatoms. The molecule has 170 valence electrons. The van der Waals surface area contributed by atoms with Crippen molar-refractivity contribution in [1.82, 2.24) is 15.2 Å². The maximum Gasteiger partial charge on any atom is 0.251 e. The van der Waals surface area contributed by atoms with E-state index in [1.54, 1.807) is 6.20 Å². The summed E-state index contributed by atoms with van der Waals surface area (Å²) in [5, 5.41) is 3.02. The van der Waals surface area contributed by atoms with E-state index in [1.165, 1.54) is 0 Å². The lowest BCUT2D eigenvalue weighted by Crippen LogP contribution is -2.55. The molecule has 3 aromatic rings. The van der Waals surface area contributed by atoms with Crippen molar-refractivity contribution in [2.24, 2.45) is 0 Å². The fourth-order valence-electron chi connectivity index (χ4n) is 4.31. The smallest absolute Gasteiger partial charge is 0.251 e. The molecule has 33 heavy (non-hydrogen) atoms. The number of anilines is 1. The van der Waals surface area contributed by atoms with Crippen LogP contribution in [0.3, 0.4) is 0 Å². The Morgan fingerprint density at radius 2 is 1.58 bits per heavy atom. The van der Waals surface area contributed by atoms with Crippen LogP contribution in [0.5, 0.6) is 0 Å². The fraction of sp³-hybridized carbons (Fsp3) is 0.296. The van der Waals surface area contributed by atoms with Crippen LogP contribution < -0.4 is 10.2 Å². The Balaban J connectivity index is 1.48. The average Bonchev–Trinajstić information content (AvgIpc) is 2.84. The first-order valence-electron chi connectivity index (χ1n) is 11.4. The summed E-state index contributed by atoms with van der Waals surface area (Å²) < 4.78 is 0. The lowest BCUT2D eigenvalue weighted by Gasteiger charge is -2.37. The number of nitrogens with one attached hydrogen (secondary N) is 1. The molecule has 1 saturated heterocycles. The van der Waals surface area contributed by atoms with Crippen LogP contribution in [0.4, 0.5) is 5.82 Å². The molecule has 0 unspecified atom stereocenters. The van der Waals surface area contributed by atoms with Crippen molar-refractivity contribution in [1.29, 1.82) is 0 Å². The van der Waals surface area contributed by atoms with E-state index in [0.717, 1.165) is 22.5 Å². The highest BCUT2D eigenvalue weighted by atomic mass is 16.2. The van der Waals surface area contributed by atoms with E-state index in [2.05, 4.69) is 15.2 Å². The summed E-state index contributed by atoms with van der Waals surface area (Å²) in [5.74, 6) is 0.661. The summed E-state index contributed by atoms with van der Waals surface area (Å²) in [6.45, 7) is 6.56. The van der Waals surface area contributed by atoms with Crippen molar-refractivity contribution in [3.63, 3.8) is 0 Å². The zero-order chi connectivity index (χ0) is 23.2. The van der Waals surface area contributed by atoms with E-state index in [1.807, 2.05) is 85.5 Å². The lowest BCUT2D eigenvalue weighted by molar-refractivity contribution is -0.133. The van der Waals surface area contributed by atoms with Crippen molar-refractivity contribution < 1.29 is 9.59 Å². The number of pyridine rings is 1. The molecule has 0 bridgehead atoms. The minimum absolute atomic E-state index is 0.0442. The van der Waals surface area contributed by atoms with Gasteiger partial charge in [0.2, 0.25) is 5.91 Å². The van der Waals surface area contributed by atoms with Gasteiger partial charge in [-0.1, -0.05) is 53.6 Å². The Bertz CT molecular complexity index is 1070. The second-order valence-electron chi connectivity index (χ2n) is 8.59. The van der Waals surface area contributed by atoms with Gasteiger partial charge in [0.15, 0.2) is 0 Å². The fourth-order valence-corrected chi connectivity index (χ4v) is 4.31. The Morgan fingerprint density at radius 1 is 0.909 bits per heavy atom. The third-order valence-electron chi connectivity index (χ3n) is 5.93. The number of aromatic nitrogens is 1. The molecule has 0 aliphatic carbocycles. The average molecular weight is 443 g/mol. The predicted molar refractivity (Wildman–Crippen MR) is 130 cm³/mol. The highest BCUT2D eigenvalue weighted by Gasteiger charge is 2.29. The van der Waals surface area contributed by atoms with Crippen molar-refractivity contribution >= 4 is 17.6 Å². The van der Waals surface area contributed by atoms with Crippen molar-refractivity contribution in [2.45, 2.75) is 26.3 Å². The summed E-state index contributed by atoms with van der Waals surface area (Å²) in [6, 6.07) is 20.8. The third kappa shape index (κ3) is 5.77. The van der Waals surface area contributed by atoms with Crippen LogP contribution in [-0.2, 0) is 11.2 Å². The largest absolute Gasteiger partial charge is 0.353 e. The first kappa shape index (κ1) is 22.5. The van der Waals surface area contributed by atoms with Crippen molar-refractivity contribution in [2.75, 3.05) is 31.1 Å². The Kier molecular flexibility index (Phi) is 7.03. The third-order valence-corrected chi connectivity index (χ3v) is 5.93. The highest BCUT2D eigenvalue weighted by Crippen LogP contribution is 2.15. The molecule has 1 fully saturated rings. The Labute approximate surface area is 195 Å². The zero-order valence-corrected chi connectivity index (χ0v) is 19.2. The normalized spacial score (nSPS) is 14.6. The summed E-state index contributed by atoms with van der Waals surface area (Å²) in [7, 11) is 0. The Hall–Kier alpha value is -3.67. The molecule has 0 spiro atoms. The van der Waals surface area contributed by atoms with E-state index in [9.17, 15) is 9.59 Å². The molecule has 4 rings (SSSR count). The van der Waals surface area contributed by atoms with Gasteiger partial charge in [-0.3, -0.25) is 9.59 Å². The van der Waals surface area contributed by atoms with Gasteiger partial charge in [0.1, 0.15) is 11.9 Å². The van der Waals surface area contributed by atoms with E-state index in [0.29, 0.717) is 38.2 Å². The molecule has 1 aliphatic rings. The van der Waals surface area contributed by atoms with Crippen LogP contribution in [-0.4, -0.2) is 53.9 Å². The van der Waals surface area contributed by atoms with Gasteiger partial charge in [-0.2, -0.15) is 0 Å². The van der Waals surface area contributed by atoms with Crippen LogP contribution in [0.15, 0.2) is 72.9 Å². The maximum atomic E-state index is 13.5. The van der Waals surface area contributed by atoms with Crippen LogP contribution in [0, 0.1) is 13.8 Å². The van der Waals surface area contributed by atoms with Gasteiger partial charge in [-0.05, 0) is 43.7 Å². The number of amides is 2. The molecular weight excluding hydrogens is 412 g/mol. The number of nitrogens with zero attached hydrogens (tertiary/aromatic N) is 3. The SMILES string of the molecule is Cc1cc(C)cc(C(=O)N[C@@H](Cc2ccccc2)C(=O)N2CCN(c3ccccn3)CC2)c1. The van der Waals surface area contributed by atoms with E-state index < -0.39 is 6.04 Å². The number of benzene rings is 2. The quantitative estimate of drug-likeness (QED) is 0.636. The molecule has 0 radical (unpaired) electrons. The molecule has 2 aromatic carbocycles. The molecule has 1 N–H and O–H groups in total. The monoisotopic (exact) mass is 442 g/mol. The number of carbonyl (C=O) groups is 2. The first-order chi connectivity index (χ1) is 16.0. The topological polar surface area (TPSA) is 65.5 Å². The first-order valence-corrected chi connectivity index (χ1v) is 11.4. The maximum absolute atomic E-state index is 13.5. The lowest BCUT2D eigenvalue weighted by atomic mass is 10.0. The minimum Gasteiger partial charge on any atom is -0.353 e. The second kappa shape index (κ2) is 10.3. The summed E-state index contributed by atoms with van der Waals surface area (Å²) in [4.78, 5) is 35.1. The number of hydrogen-bond acceptors (Lipinski definition) is 4. The van der Waals surface area contributed by atoms with Gasteiger partial charge in [-0.15, -0.1) is 0 Å². The van der Waals surface area contributed by atoms with E-state index >= 15 is 0 Å². The van der Waals surface area contributed by atoms with E-state index in [-0.39, 0.29) is 11.8 Å². The number of hydrogen-bond donors (Lipinski definition) is 1. The molecule has 1 aromatic heterocycles. The summed E-state index contributed by atoms with van der Waals surface area (Å²) in [6.07, 6.45) is 2.24. The van der Waals surface area contributed by atoms with Crippen LogP contribution >= 0.6 is 0 Å². The Morgan fingerprint density at radius 3 is 2.21 bits per heavy atom. The van der Waals surface area contributed by atoms with Gasteiger partial charge < -0.3 is 15.1 Å². The van der Waals surface area contributed by atoms with Crippen LogP contribution in [0.25, 0.3) is 0 Å². The summed E-state index contributed by atoms with van der Waals surface area (Å²) >= 11 is 0. The highest BCUT2D eigenvalue weighted by molar-refractivity contribution is 5.98. The number of piperazine rings is 1. The molecule has 1 aliphatic heterocycles. The zero-order valence-electron chi connectivity index (χ0n) is 19.2. The molecule has 0 saturated carbocycles. The van der Waals surface area contributed by atoms with Crippen molar-refractivity contribution in [3.05, 3.63) is 95.2 Å². The number of rotatable bonds is 6. The van der Waals surface area contributed by atoms with Gasteiger partial charge in [0.05, 0.1) is 0 Å². The number of aryl methyl sites for hydroxylation is 2. The molecule has 1 atom stereocenters. The summed E-state index contributed by atoms with van der Waals surface area (Å²) in [5.41, 5.74) is 3.65. The molecule has 6 nitrogen and oxygen atoms in total. The predicted octanol–water partition coefficient (Wildman–Crippen LogP) is 3.39. The van der Waals surface area contributed by atoms with E-state index in [4.69, 9.17) is 0 Å². The van der Waals surface area contributed by atoms with Gasteiger partial charge >= 0.3 is 0 Å². The molecule has 2 heterocycles. The minimum atomic E-state index is -0.623. The van der Waals surface area contributed by atoms with Crippen molar-refractivity contribution in [3.8, 4) is 0 Å². The van der Waals surface area contributed by atoms with Gasteiger partial charge in [-0.25, -0.2) is 4.98 Å². The van der Waals surface area contributed by atoms with Gasteiger partial charge in [0, 0.05) is 44.4 Å². The molecule has 2 amide bonds. The second-order valence-corrected chi connectivity index (χ2v) is 8.59. The van der Waals surface area contributed by atoms with Gasteiger partial charge in [0.25, 0.3) is 5.91 Å². The van der Waals surface area contributed by atoms with Crippen LogP contribution in [0.1, 0.15) is 27.0 Å². The standard InChI is InChI=1S/C27H30N4O2/c1-20-16-21(2)18-23(17-20)26(32)29-24(19-22-8-4-3-5-9-22)27(33)31-14-12-30(13-15-31)25-10-6-7-11-28-25/h3-11,16-18,24H,12-15,19H2,1-2H3,(H,29,32)/t24-/m0/s1. The number of carbonyl (C=O) groups excluding carboxylic acids is 2.